The van der Waals surface area contributed by atoms with E-state index >= 15 is 0 Å². The van der Waals surface area contributed by atoms with E-state index in [0.717, 1.165) is 22.6 Å². The van der Waals surface area contributed by atoms with Crippen LogP contribution in [0.15, 0.2) is 40.9 Å². The highest BCUT2D eigenvalue weighted by atomic mass is 79.9. The monoisotopic (exact) mass is 491 g/mol. The van der Waals surface area contributed by atoms with Crippen LogP contribution in [0, 0.1) is 18.6 Å². The summed E-state index contributed by atoms with van der Waals surface area (Å²) in [5.74, 6) is 1.43. The number of carbonyl (C=O) groups is 1. The lowest BCUT2D eigenvalue weighted by Crippen LogP contribution is -2.20. The number of halogens is 1. The van der Waals surface area contributed by atoms with Crippen molar-refractivity contribution in [2.24, 2.45) is 0 Å². The van der Waals surface area contributed by atoms with E-state index in [1.807, 2.05) is 50.2 Å². The highest BCUT2D eigenvalue weighted by Gasteiger charge is 2.14. The summed E-state index contributed by atoms with van der Waals surface area (Å²) in [5.41, 5.74) is 5.96. The molecule has 3 N–H and O–H groups in total. The minimum Gasteiger partial charge on any atom is -0.493 e. The first-order valence-electron chi connectivity index (χ1n) is 9.11. The van der Waals surface area contributed by atoms with Crippen LogP contribution in [0.1, 0.15) is 17.0 Å². The molecule has 3 rings (SSSR count). The summed E-state index contributed by atoms with van der Waals surface area (Å²) >= 11 is 8.69. The van der Waals surface area contributed by atoms with Gasteiger partial charge < -0.3 is 20.2 Å². The lowest BCUT2D eigenvalue weighted by Gasteiger charge is -2.15. The first-order valence-corrected chi connectivity index (χ1v) is 10.3. The fourth-order valence-corrected chi connectivity index (χ4v) is 3.57. The van der Waals surface area contributed by atoms with Crippen LogP contribution < -0.4 is 20.2 Å². The van der Waals surface area contributed by atoms with E-state index in [0.29, 0.717) is 27.3 Å². The van der Waals surface area contributed by atoms with Crippen molar-refractivity contribution in [1.29, 1.82) is 0 Å². The van der Waals surface area contributed by atoms with Crippen LogP contribution in [0.5, 0.6) is 11.5 Å². The Balaban J connectivity index is 1.65. The molecule has 8 nitrogen and oxygen atoms in total. The van der Waals surface area contributed by atoms with Gasteiger partial charge in [0.05, 0.1) is 18.1 Å². The molecule has 0 spiro atoms. The number of anilines is 1. The minimum atomic E-state index is -0.261. The maximum absolute atomic E-state index is 12.2. The summed E-state index contributed by atoms with van der Waals surface area (Å²) in [4.78, 5) is 12.2. The number of nitrogens with one attached hydrogen (secondary N) is 3. The van der Waals surface area contributed by atoms with Gasteiger partial charge in [0, 0.05) is 5.69 Å². The number of hydrogen-bond donors (Lipinski definition) is 3. The van der Waals surface area contributed by atoms with E-state index < -0.39 is 0 Å². The Kier molecular flexibility index (Phi) is 7.11. The summed E-state index contributed by atoms with van der Waals surface area (Å²) in [6.07, 6.45) is 0. The number of amides is 1. The van der Waals surface area contributed by atoms with Crippen molar-refractivity contribution in [3.05, 3.63) is 62.6 Å². The maximum atomic E-state index is 12.2. The van der Waals surface area contributed by atoms with Crippen LogP contribution >= 0.6 is 28.1 Å². The van der Waals surface area contributed by atoms with Gasteiger partial charge >= 0.3 is 0 Å². The third-order valence-electron chi connectivity index (χ3n) is 4.25. The van der Waals surface area contributed by atoms with Gasteiger partial charge in [0.15, 0.2) is 18.1 Å². The van der Waals surface area contributed by atoms with Crippen molar-refractivity contribution in [3.63, 3.8) is 0 Å². The molecule has 0 aliphatic carbocycles. The van der Waals surface area contributed by atoms with E-state index in [1.54, 1.807) is 11.8 Å². The number of nitrogens with zero attached hydrogens (tertiary/aromatic N) is 2. The Morgan fingerprint density at radius 2 is 2.00 bits per heavy atom. The number of rotatable bonds is 8. The van der Waals surface area contributed by atoms with E-state index in [4.69, 9.17) is 21.7 Å². The molecule has 1 aromatic heterocycles. The van der Waals surface area contributed by atoms with Gasteiger partial charge in [-0.2, -0.15) is 5.10 Å². The zero-order valence-electron chi connectivity index (χ0n) is 16.8. The van der Waals surface area contributed by atoms with E-state index in [9.17, 15) is 4.79 Å². The van der Waals surface area contributed by atoms with E-state index in [-0.39, 0.29) is 12.5 Å². The Morgan fingerprint density at radius 3 is 2.63 bits per heavy atom. The van der Waals surface area contributed by atoms with E-state index in [1.165, 1.54) is 0 Å². The van der Waals surface area contributed by atoms with Crippen LogP contribution in [0.2, 0.25) is 0 Å². The van der Waals surface area contributed by atoms with Gasteiger partial charge in [-0.05, 0) is 71.8 Å². The van der Waals surface area contributed by atoms with Gasteiger partial charge in [-0.1, -0.05) is 17.7 Å². The molecule has 0 saturated heterocycles. The standard InChI is InChI=1S/C20H22BrN5O3S/c1-12-4-6-15(7-5-12)23-18(27)11-29-19-16(21)8-14(9-17(19)28-3)10-22-26-13(2)24-25-20(26)30/h4-9,22H,10-11H2,1-3H3,(H,23,27)(H,25,30). The molecule has 0 radical (unpaired) electrons. The summed E-state index contributed by atoms with van der Waals surface area (Å²) in [7, 11) is 1.55. The van der Waals surface area contributed by atoms with Crippen molar-refractivity contribution < 1.29 is 14.3 Å². The molecule has 0 aliphatic heterocycles. The molecule has 0 atom stereocenters. The number of H-pyrrole nitrogens is 1. The van der Waals surface area contributed by atoms with Gasteiger partial charge in [-0.3, -0.25) is 9.89 Å². The average molecular weight is 492 g/mol. The summed E-state index contributed by atoms with van der Waals surface area (Å²) in [6, 6.07) is 11.3. The van der Waals surface area contributed by atoms with Crippen molar-refractivity contribution in [2.45, 2.75) is 20.4 Å². The number of methoxy groups -OCH3 is 1. The summed E-state index contributed by atoms with van der Waals surface area (Å²) in [5, 5.41) is 9.59. The van der Waals surface area contributed by atoms with Gasteiger partial charge in [-0.25, -0.2) is 4.68 Å². The topological polar surface area (TPSA) is 93.2 Å². The first-order chi connectivity index (χ1) is 14.4. The SMILES string of the molecule is COc1cc(CNn2c(C)n[nH]c2=S)cc(Br)c1OCC(=O)Nc1ccc(C)cc1. The van der Waals surface area contributed by atoms with Crippen molar-refractivity contribution in [3.8, 4) is 11.5 Å². The molecule has 2 aromatic carbocycles. The van der Waals surface area contributed by atoms with Gasteiger partial charge in [0.2, 0.25) is 4.77 Å². The van der Waals surface area contributed by atoms with Crippen LogP contribution in [0.25, 0.3) is 0 Å². The Morgan fingerprint density at radius 1 is 1.27 bits per heavy atom. The predicted octanol–water partition coefficient (Wildman–Crippen LogP) is 4.09. The molecule has 10 heteroatoms. The van der Waals surface area contributed by atoms with Crippen molar-refractivity contribution in [2.75, 3.05) is 24.5 Å². The fraction of sp³-hybridized carbons (Fsp3) is 0.250. The zero-order chi connectivity index (χ0) is 21.7. The Hall–Kier alpha value is -2.85. The second-order valence-corrected chi connectivity index (χ2v) is 7.80. The fourth-order valence-electron chi connectivity index (χ4n) is 2.72. The molecule has 3 aromatic rings. The van der Waals surface area contributed by atoms with E-state index in [2.05, 4.69) is 36.9 Å². The summed E-state index contributed by atoms with van der Waals surface area (Å²) in [6.45, 7) is 4.17. The lowest BCUT2D eigenvalue weighted by molar-refractivity contribution is -0.118. The molecule has 1 amide bonds. The van der Waals surface area contributed by atoms with Crippen LogP contribution in [-0.2, 0) is 11.3 Å². The third-order valence-corrected chi connectivity index (χ3v) is 5.12. The third kappa shape index (κ3) is 5.39. The molecule has 0 bridgehead atoms. The first kappa shape index (κ1) is 21.8. The average Bonchev–Trinajstić information content (AvgIpc) is 3.04. The Bertz CT molecular complexity index is 1090. The molecule has 0 unspecified atom stereocenters. The van der Waals surface area contributed by atoms with Crippen LogP contribution in [-0.4, -0.2) is 34.5 Å². The molecule has 0 fully saturated rings. The Labute approximate surface area is 187 Å². The lowest BCUT2D eigenvalue weighted by atomic mass is 10.2. The minimum absolute atomic E-state index is 0.149. The van der Waals surface area contributed by atoms with Gasteiger partial charge in [-0.15, -0.1) is 0 Å². The van der Waals surface area contributed by atoms with Crippen LogP contribution in [0.3, 0.4) is 0 Å². The number of aryl methyl sites for hydroxylation is 2. The zero-order valence-corrected chi connectivity index (χ0v) is 19.2. The van der Waals surface area contributed by atoms with Crippen LogP contribution in [0.4, 0.5) is 5.69 Å². The number of aromatic nitrogens is 3. The number of carbonyl (C=O) groups excluding carboxylic acids is 1. The van der Waals surface area contributed by atoms with Crippen molar-refractivity contribution >= 4 is 39.7 Å². The smallest absolute Gasteiger partial charge is 0.262 e. The normalized spacial score (nSPS) is 10.5. The number of hydrogen-bond acceptors (Lipinski definition) is 6. The summed E-state index contributed by atoms with van der Waals surface area (Å²) < 4.78 is 14.0. The molecule has 30 heavy (non-hydrogen) atoms. The molecule has 0 saturated carbocycles. The molecule has 0 aliphatic rings. The molecule has 1 heterocycles. The maximum Gasteiger partial charge on any atom is 0.262 e. The highest BCUT2D eigenvalue weighted by Crippen LogP contribution is 2.36. The number of benzene rings is 2. The molecule has 158 valence electrons. The largest absolute Gasteiger partial charge is 0.493 e. The van der Waals surface area contributed by atoms with Crippen molar-refractivity contribution in [1.82, 2.24) is 14.9 Å². The quantitative estimate of drug-likeness (QED) is 0.411. The van der Waals surface area contributed by atoms with Gasteiger partial charge in [0.1, 0.15) is 5.82 Å². The van der Waals surface area contributed by atoms with Gasteiger partial charge in [0.25, 0.3) is 5.91 Å². The number of aromatic amines is 1. The second kappa shape index (κ2) is 9.77. The second-order valence-electron chi connectivity index (χ2n) is 6.56. The highest BCUT2D eigenvalue weighted by molar-refractivity contribution is 9.10. The molecular weight excluding hydrogens is 470 g/mol. The predicted molar refractivity (Wildman–Crippen MR) is 121 cm³/mol. The molecular formula is C20H22BrN5O3S. The number of ether oxygens (including phenoxy) is 2.